The molecule has 1 heterocycles. The van der Waals surface area contributed by atoms with Crippen LogP contribution < -0.4 is 5.56 Å². The minimum atomic E-state index is 0.113. The molecule has 0 unspecified atom stereocenters. The number of aromatic nitrogens is 2. The number of hydrogen-bond acceptors (Lipinski definition) is 1. The smallest absolute Gasteiger partial charge is 0.267 e. The number of rotatable bonds is 0. The first-order chi connectivity index (χ1) is 6.29. The van der Waals surface area contributed by atoms with Gasteiger partial charge < -0.3 is 0 Å². The summed E-state index contributed by atoms with van der Waals surface area (Å²) >= 11 is 0. The summed E-state index contributed by atoms with van der Waals surface area (Å²) in [5.74, 6) is 0. The maximum atomic E-state index is 11.2. The van der Waals surface area contributed by atoms with Crippen molar-refractivity contribution in [2.45, 2.75) is 39.5 Å². The fourth-order valence-electron chi connectivity index (χ4n) is 1.79. The van der Waals surface area contributed by atoms with Crippen molar-refractivity contribution in [2.75, 3.05) is 0 Å². The lowest BCUT2D eigenvalue weighted by atomic mass is 9.98. The van der Waals surface area contributed by atoms with Crippen molar-refractivity contribution in [2.24, 2.45) is 7.05 Å². The van der Waals surface area contributed by atoms with E-state index in [1.807, 2.05) is 25.6 Å². The average Bonchev–Trinajstić information content (AvgIpc) is 2.47. The van der Waals surface area contributed by atoms with Crippen LogP contribution in [0.3, 0.4) is 0 Å². The number of aryl methyl sites for hydroxylation is 1. The Morgan fingerprint density at radius 3 is 2.46 bits per heavy atom. The van der Waals surface area contributed by atoms with Crippen molar-refractivity contribution in [3.8, 4) is 0 Å². The van der Waals surface area contributed by atoms with Gasteiger partial charge in [0.15, 0.2) is 0 Å². The summed E-state index contributed by atoms with van der Waals surface area (Å²) in [5, 5.41) is 2.78. The van der Waals surface area contributed by atoms with Crippen molar-refractivity contribution in [1.82, 2.24) is 9.78 Å². The monoisotopic (exact) mass is 182 g/mol. The molecule has 0 saturated heterocycles. The molecule has 0 saturated carbocycles. The van der Waals surface area contributed by atoms with Crippen LogP contribution in [0.25, 0.3) is 0 Å². The zero-order chi connectivity index (χ0) is 9.84. The molecule has 1 N–H and O–H groups in total. The summed E-state index contributed by atoms with van der Waals surface area (Å²) in [6.45, 7) is 4.00. The van der Waals surface area contributed by atoms with Gasteiger partial charge in [0.2, 0.25) is 0 Å². The van der Waals surface area contributed by atoms with Crippen LogP contribution in [0.1, 0.15) is 37.9 Å². The Morgan fingerprint density at radius 2 is 1.85 bits per heavy atom. The van der Waals surface area contributed by atoms with Crippen LogP contribution in [-0.2, 0) is 19.9 Å². The molecule has 1 aromatic rings. The van der Waals surface area contributed by atoms with E-state index in [-0.39, 0.29) is 5.56 Å². The number of nitrogens with one attached hydrogen (secondary N) is 1. The first-order valence-corrected chi connectivity index (χ1v) is 5.06. The van der Waals surface area contributed by atoms with Crippen molar-refractivity contribution in [1.29, 1.82) is 0 Å². The van der Waals surface area contributed by atoms with E-state index in [4.69, 9.17) is 0 Å². The summed E-state index contributed by atoms with van der Waals surface area (Å²) in [4.78, 5) is 11.2. The molecule has 2 rings (SSSR count). The van der Waals surface area contributed by atoms with Gasteiger partial charge in [-0.25, -0.2) is 0 Å². The lowest BCUT2D eigenvalue weighted by Crippen LogP contribution is -2.10. The largest absolute Gasteiger partial charge is 0.292 e. The highest BCUT2D eigenvalue weighted by Gasteiger charge is 2.15. The van der Waals surface area contributed by atoms with Crippen molar-refractivity contribution >= 4 is 0 Å². The van der Waals surface area contributed by atoms with Gasteiger partial charge in [-0.3, -0.25) is 14.6 Å². The molecule has 0 atom stereocenters. The topological polar surface area (TPSA) is 37.8 Å². The third-order valence-corrected chi connectivity index (χ3v) is 2.39. The number of hydrogen-bond donors (Lipinski definition) is 1. The molecule has 1 aliphatic carbocycles. The number of aromatic amines is 1. The predicted octanol–water partition coefficient (Wildman–Crippen LogP) is 1.62. The first-order valence-electron chi connectivity index (χ1n) is 5.06. The average molecular weight is 182 g/mol. The Kier molecular flexibility index (Phi) is 3.34. The standard InChI is InChI=1S/C8H12N2O.C2H6/c1-10-7-5-3-2-4-6(7)8(11)9-10;1-2/h2-5H2,1H3,(H,9,11);1-2H3. The van der Waals surface area contributed by atoms with E-state index in [1.165, 1.54) is 18.5 Å². The molecule has 0 aromatic carbocycles. The van der Waals surface area contributed by atoms with Crippen LogP contribution in [0.15, 0.2) is 4.79 Å². The maximum absolute atomic E-state index is 11.2. The van der Waals surface area contributed by atoms with Gasteiger partial charge in [-0.1, -0.05) is 13.8 Å². The van der Waals surface area contributed by atoms with E-state index in [0.717, 1.165) is 18.4 Å². The minimum absolute atomic E-state index is 0.113. The molecule has 0 aliphatic heterocycles. The van der Waals surface area contributed by atoms with Gasteiger partial charge in [-0.15, -0.1) is 0 Å². The minimum Gasteiger partial charge on any atom is -0.292 e. The molecule has 1 aromatic heterocycles. The van der Waals surface area contributed by atoms with Crippen LogP contribution in [0.5, 0.6) is 0 Å². The molecule has 13 heavy (non-hydrogen) atoms. The number of nitrogens with zero attached hydrogens (tertiary/aromatic N) is 1. The predicted molar refractivity (Wildman–Crippen MR) is 54.0 cm³/mol. The van der Waals surface area contributed by atoms with Crippen LogP contribution >= 0.6 is 0 Å². The molecule has 1 aliphatic rings. The Balaban J connectivity index is 0.000000396. The van der Waals surface area contributed by atoms with Gasteiger partial charge in [0.1, 0.15) is 0 Å². The van der Waals surface area contributed by atoms with E-state index in [9.17, 15) is 4.79 Å². The van der Waals surface area contributed by atoms with E-state index in [0.29, 0.717) is 0 Å². The molecule has 3 nitrogen and oxygen atoms in total. The second-order valence-electron chi connectivity index (χ2n) is 3.13. The molecule has 74 valence electrons. The van der Waals surface area contributed by atoms with E-state index < -0.39 is 0 Å². The molecular weight excluding hydrogens is 164 g/mol. The summed E-state index contributed by atoms with van der Waals surface area (Å²) < 4.78 is 1.86. The Hall–Kier alpha value is -0.990. The lowest BCUT2D eigenvalue weighted by Gasteiger charge is -2.10. The molecular formula is C10H18N2O. The van der Waals surface area contributed by atoms with E-state index in [1.54, 1.807) is 0 Å². The second kappa shape index (κ2) is 4.30. The third kappa shape index (κ3) is 1.85. The van der Waals surface area contributed by atoms with Crippen LogP contribution in [0.2, 0.25) is 0 Å². The van der Waals surface area contributed by atoms with Crippen molar-refractivity contribution in [3.63, 3.8) is 0 Å². The van der Waals surface area contributed by atoms with Crippen molar-refractivity contribution in [3.05, 3.63) is 21.6 Å². The molecule has 0 spiro atoms. The molecule has 0 fully saturated rings. The highest BCUT2D eigenvalue weighted by molar-refractivity contribution is 5.20. The van der Waals surface area contributed by atoms with Crippen LogP contribution in [0, 0.1) is 0 Å². The van der Waals surface area contributed by atoms with Gasteiger partial charge in [-0.2, -0.15) is 0 Å². The van der Waals surface area contributed by atoms with E-state index >= 15 is 0 Å². The number of fused-ring (bicyclic) bond motifs is 1. The lowest BCUT2D eigenvalue weighted by molar-refractivity contribution is 0.626. The van der Waals surface area contributed by atoms with Crippen LogP contribution in [0.4, 0.5) is 0 Å². The Bertz CT molecular complexity index is 322. The van der Waals surface area contributed by atoms with Gasteiger partial charge in [0.25, 0.3) is 5.56 Å². The fourth-order valence-corrected chi connectivity index (χ4v) is 1.79. The quantitative estimate of drug-likeness (QED) is 0.650. The van der Waals surface area contributed by atoms with Crippen molar-refractivity contribution < 1.29 is 0 Å². The molecule has 0 amide bonds. The molecule has 0 radical (unpaired) electrons. The summed E-state index contributed by atoms with van der Waals surface area (Å²) in [6.07, 6.45) is 4.41. The van der Waals surface area contributed by atoms with E-state index in [2.05, 4.69) is 5.10 Å². The Labute approximate surface area is 78.8 Å². The van der Waals surface area contributed by atoms with Gasteiger partial charge in [-0.05, 0) is 25.7 Å². The molecule has 3 heteroatoms. The fraction of sp³-hybridized carbons (Fsp3) is 0.700. The summed E-state index contributed by atoms with van der Waals surface area (Å²) in [5.41, 5.74) is 2.34. The van der Waals surface area contributed by atoms with Gasteiger partial charge in [0.05, 0.1) is 0 Å². The summed E-state index contributed by atoms with van der Waals surface area (Å²) in [7, 11) is 1.91. The maximum Gasteiger partial charge on any atom is 0.267 e. The zero-order valence-corrected chi connectivity index (χ0v) is 8.68. The highest BCUT2D eigenvalue weighted by atomic mass is 16.1. The SMILES string of the molecule is CC.Cn1[nH]c(=O)c2c1CCCC2. The van der Waals surface area contributed by atoms with Crippen LogP contribution in [-0.4, -0.2) is 9.78 Å². The second-order valence-corrected chi connectivity index (χ2v) is 3.13. The third-order valence-electron chi connectivity index (χ3n) is 2.39. The van der Waals surface area contributed by atoms with Gasteiger partial charge >= 0.3 is 0 Å². The Morgan fingerprint density at radius 1 is 1.23 bits per heavy atom. The number of H-pyrrole nitrogens is 1. The van der Waals surface area contributed by atoms with Gasteiger partial charge in [0, 0.05) is 18.3 Å². The normalized spacial score (nSPS) is 14.4. The first kappa shape index (κ1) is 10.1. The highest BCUT2D eigenvalue weighted by Crippen LogP contribution is 2.16. The summed E-state index contributed by atoms with van der Waals surface area (Å²) in [6, 6.07) is 0. The zero-order valence-electron chi connectivity index (χ0n) is 8.68. The molecule has 0 bridgehead atoms.